The van der Waals surface area contributed by atoms with Crippen LogP contribution in [0.4, 0.5) is 5.69 Å². The van der Waals surface area contributed by atoms with Gasteiger partial charge in [0.1, 0.15) is 17.7 Å². The average molecular weight is 328 g/mol. The second-order valence-corrected chi connectivity index (χ2v) is 4.88. The number of hydrogen-bond donors (Lipinski definition) is 3. The Morgan fingerprint density at radius 1 is 1.33 bits per heavy atom. The van der Waals surface area contributed by atoms with Gasteiger partial charge in [-0.1, -0.05) is 23.2 Å². The van der Waals surface area contributed by atoms with Crippen LogP contribution in [0.2, 0.25) is 10.0 Å². The molecule has 8 heteroatoms. The highest BCUT2D eigenvalue weighted by Gasteiger charge is 2.16. The van der Waals surface area contributed by atoms with Crippen molar-refractivity contribution in [3.05, 3.63) is 40.0 Å². The lowest BCUT2D eigenvalue weighted by molar-refractivity contribution is -0.140. The predicted octanol–water partition coefficient (Wildman–Crippen LogP) is 2.40. The molecule has 3 N–H and O–H groups in total. The van der Waals surface area contributed by atoms with Crippen LogP contribution < -0.4 is 10.6 Å². The molecule has 21 heavy (non-hydrogen) atoms. The lowest BCUT2D eigenvalue weighted by Gasteiger charge is -2.08. The van der Waals surface area contributed by atoms with Crippen molar-refractivity contribution in [2.75, 3.05) is 5.32 Å². The van der Waals surface area contributed by atoms with E-state index in [1.165, 1.54) is 13.0 Å². The Hall–Kier alpha value is -2.23. The molecule has 0 aliphatic heterocycles. The fraction of sp³-hybridized carbons (Fsp3) is 0.154. The normalized spacial score (nSPS) is 12.2. The molecule has 0 aromatic heterocycles. The molecular formula is C13H11Cl2N3O3. The molecule has 1 aromatic rings. The molecule has 1 amide bonds. The SMILES string of the molecule is CC(NC(=O)/C(C#N)=C\Nc1cc(Cl)cc(Cl)c1)C(=O)O. The molecule has 1 atom stereocenters. The van der Waals surface area contributed by atoms with Gasteiger partial charge in [-0.25, -0.2) is 0 Å². The van der Waals surface area contributed by atoms with Gasteiger partial charge in [0.15, 0.2) is 0 Å². The van der Waals surface area contributed by atoms with Gasteiger partial charge in [0.25, 0.3) is 5.91 Å². The third-order valence-electron chi connectivity index (χ3n) is 2.33. The minimum absolute atomic E-state index is 0.279. The molecule has 0 fully saturated rings. The zero-order valence-electron chi connectivity index (χ0n) is 10.9. The van der Waals surface area contributed by atoms with E-state index in [1.54, 1.807) is 18.2 Å². The van der Waals surface area contributed by atoms with E-state index in [-0.39, 0.29) is 5.57 Å². The number of carbonyl (C=O) groups is 2. The molecule has 0 spiro atoms. The molecule has 1 unspecified atom stereocenters. The highest BCUT2D eigenvalue weighted by Crippen LogP contribution is 2.22. The summed E-state index contributed by atoms with van der Waals surface area (Å²) in [6.07, 6.45) is 1.14. The number of carbonyl (C=O) groups excluding carboxylic acids is 1. The smallest absolute Gasteiger partial charge is 0.325 e. The van der Waals surface area contributed by atoms with E-state index in [1.807, 2.05) is 0 Å². The van der Waals surface area contributed by atoms with E-state index in [0.29, 0.717) is 15.7 Å². The number of hydrogen-bond acceptors (Lipinski definition) is 4. The van der Waals surface area contributed by atoms with Gasteiger partial charge >= 0.3 is 5.97 Å². The quantitative estimate of drug-likeness (QED) is 0.569. The third-order valence-corrected chi connectivity index (χ3v) is 2.77. The van der Waals surface area contributed by atoms with Crippen molar-refractivity contribution < 1.29 is 14.7 Å². The number of amides is 1. The van der Waals surface area contributed by atoms with Crippen molar-refractivity contribution in [1.82, 2.24) is 5.32 Å². The number of nitrogens with zero attached hydrogens (tertiary/aromatic N) is 1. The number of halogens is 2. The van der Waals surface area contributed by atoms with Crippen LogP contribution in [0.5, 0.6) is 0 Å². The maximum Gasteiger partial charge on any atom is 0.325 e. The monoisotopic (exact) mass is 327 g/mol. The zero-order valence-corrected chi connectivity index (χ0v) is 12.4. The van der Waals surface area contributed by atoms with Gasteiger partial charge in [0.2, 0.25) is 0 Å². The molecule has 0 bridgehead atoms. The van der Waals surface area contributed by atoms with Crippen molar-refractivity contribution in [3.63, 3.8) is 0 Å². The molecule has 0 saturated carbocycles. The lowest BCUT2D eigenvalue weighted by atomic mass is 10.2. The Bertz CT molecular complexity index is 618. The predicted molar refractivity (Wildman–Crippen MR) is 79.0 cm³/mol. The van der Waals surface area contributed by atoms with E-state index in [9.17, 15) is 9.59 Å². The number of aliphatic carboxylic acids is 1. The number of nitriles is 1. The summed E-state index contributed by atoms with van der Waals surface area (Å²) in [6, 6.07) is 5.21. The molecule has 1 aromatic carbocycles. The summed E-state index contributed by atoms with van der Waals surface area (Å²) < 4.78 is 0. The second kappa shape index (κ2) is 7.53. The summed E-state index contributed by atoms with van der Waals surface area (Å²) in [6.45, 7) is 1.29. The first kappa shape index (κ1) is 16.8. The maximum absolute atomic E-state index is 11.7. The summed E-state index contributed by atoms with van der Waals surface area (Å²) in [7, 11) is 0. The highest BCUT2D eigenvalue weighted by atomic mass is 35.5. The van der Waals surface area contributed by atoms with Crippen molar-refractivity contribution in [2.24, 2.45) is 0 Å². The first-order valence-electron chi connectivity index (χ1n) is 5.70. The van der Waals surface area contributed by atoms with Gasteiger partial charge in [0, 0.05) is 21.9 Å². The van der Waals surface area contributed by atoms with Crippen LogP contribution in [0.15, 0.2) is 30.0 Å². The first-order valence-corrected chi connectivity index (χ1v) is 6.45. The first-order chi connectivity index (χ1) is 9.83. The van der Waals surface area contributed by atoms with E-state index >= 15 is 0 Å². The van der Waals surface area contributed by atoms with Gasteiger partial charge in [0.05, 0.1) is 0 Å². The molecule has 1 rings (SSSR count). The Labute approximate surface area is 131 Å². The summed E-state index contributed by atoms with van der Waals surface area (Å²) in [5, 5.41) is 23.3. The maximum atomic E-state index is 11.7. The fourth-order valence-corrected chi connectivity index (χ4v) is 1.80. The van der Waals surface area contributed by atoms with E-state index < -0.39 is 17.9 Å². The number of rotatable bonds is 5. The Kier molecular flexibility index (Phi) is 6.03. The largest absolute Gasteiger partial charge is 0.480 e. The molecular weight excluding hydrogens is 317 g/mol. The molecule has 0 aliphatic rings. The van der Waals surface area contributed by atoms with Crippen molar-refractivity contribution in [3.8, 4) is 6.07 Å². The fourth-order valence-electron chi connectivity index (χ4n) is 1.28. The number of benzene rings is 1. The minimum Gasteiger partial charge on any atom is -0.480 e. The number of carboxylic acids is 1. The minimum atomic E-state index is -1.20. The Morgan fingerprint density at radius 2 is 1.90 bits per heavy atom. The Balaban J connectivity index is 2.82. The summed E-state index contributed by atoms with van der Waals surface area (Å²) in [5.41, 5.74) is 0.207. The Morgan fingerprint density at radius 3 is 2.38 bits per heavy atom. The molecule has 0 aliphatic carbocycles. The van der Waals surface area contributed by atoms with Crippen LogP contribution in [-0.2, 0) is 9.59 Å². The third kappa shape index (κ3) is 5.34. The van der Waals surface area contributed by atoms with E-state index in [0.717, 1.165) is 6.20 Å². The van der Waals surface area contributed by atoms with Gasteiger partial charge in [-0.2, -0.15) is 5.26 Å². The van der Waals surface area contributed by atoms with Crippen LogP contribution in [0.3, 0.4) is 0 Å². The van der Waals surface area contributed by atoms with Crippen molar-refractivity contribution in [2.45, 2.75) is 13.0 Å². The average Bonchev–Trinajstić information content (AvgIpc) is 2.38. The zero-order chi connectivity index (χ0) is 16.0. The molecule has 0 saturated heterocycles. The summed E-state index contributed by atoms with van der Waals surface area (Å²) in [5.74, 6) is -2.00. The van der Waals surface area contributed by atoms with Gasteiger partial charge < -0.3 is 15.7 Å². The standard InChI is InChI=1S/C13H11Cl2N3O3/c1-7(13(20)21)18-12(19)8(5-16)6-17-11-3-9(14)2-10(15)4-11/h2-4,6-7,17H,1H3,(H,18,19)(H,20,21)/b8-6-. The van der Waals surface area contributed by atoms with E-state index in [4.69, 9.17) is 33.6 Å². The second-order valence-electron chi connectivity index (χ2n) is 4.01. The van der Waals surface area contributed by atoms with E-state index in [2.05, 4.69) is 10.6 Å². The summed E-state index contributed by atoms with van der Waals surface area (Å²) in [4.78, 5) is 22.3. The number of anilines is 1. The highest BCUT2D eigenvalue weighted by molar-refractivity contribution is 6.35. The summed E-state index contributed by atoms with van der Waals surface area (Å²) >= 11 is 11.6. The van der Waals surface area contributed by atoms with Gasteiger partial charge in [-0.05, 0) is 25.1 Å². The van der Waals surface area contributed by atoms with Crippen LogP contribution in [-0.4, -0.2) is 23.0 Å². The number of nitrogens with one attached hydrogen (secondary N) is 2. The van der Waals surface area contributed by atoms with Crippen LogP contribution in [0.1, 0.15) is 6.92 Å². The van der Waals surface area contributed by atoms with Gasteiger partial charge in [-0.15, -0.1) is 0 Å². The van der Waals surface area contributed by atoms with Crippen LogP contribution >= 0.6 is 23.2 Å². The molecule has 0 heterocycles. The topological polar surface area (TPSA) is 102 Å². The number of carboxylic acid groups (broad SMARTS) is 1. The van der Waals surface area contributed by atoms with Crippen molar-refractivity contribution >= 4 is 40.8 Å². The van der Waals surface area contributed by atoms with Crippen molar-refractivity contribution in [1.29, 1.82) is 5.26 Å². The lowest BCUT2D eigenvalue weighted by Crippen LogP contribution is -2.39. The molecule has 6 nitrogen and oxygen atoms in total. The van der Waals surface area contributed by atoms with Crippen LogP contribution in [0, 0.1) is 11.3 Å². The molecule has 110 valence electrons. The van der Waals surface area contributed by atoms with Crippen LogP contribution in [0.25, 0.3) is 0 Å². The molecule has 0 radical (unpaired) electrons. The van der Waals surface area contributed by atoms with Gasteiger partial charge in [-0.3, -0.25) is 9.59 Å².